The molecule has 12 unspecified atom stereocenters. The van der Waals surface area contributed by atoms with Gasteiger partial charge in [-0.05, 0) is 32.1 Å². The number of carbonyl (C=O) groups is 1. The van der Waals surface area contributed by atoms with Crippen molar-refractivity contribution in [3.05, 3.63) is 24.3 Å². The van der Waals surface area contributed by atoms with Crippen molar-refractivity contribution in [2.75, 3.05) is 19.8 Å². The number of aliphatic hydroxyl groups excluding tert-OH is 8. The molecule has 0 saturated carbocycles. The summed E-state index contributed by atoms with van der Waals surface area (Å²) in [6.07, 6.45) is 48.8. The normalized spacial score (nSPS) is 24.2. The Morgan fingerprint density at radius 3 is 1.21 bits per heavy atom. The maximum atomic E-state index is 13.2. The molecule has 2 heterocycles. The lowest BCUT2D eigenvalue weighted by molar-refractivity contribution is -0.359. The van der Waals surface area contributed by atoms with Crippen molar-refractivity contribution >= 4 is 5.91 Å². The minimum absolute atomic E-state index is 0.246. The average molecular weight is 1150 g/mol. The summed E-state index contributed by atoms with van der Waals surface area (Å²) < 4.78 is 22.7. The van der Waals surface area contributed by atoms with Gasteiger partial charge >= 0.3 is 0 Å². The van der Waals surface area contributed by atoms with Crippen LogP contribution in [-0.2, 0) is 23.7 Å². The number of unbranched alkanes of at least 4 members (excludes halogenated alkanes) is 41. The van der Waals surface area contributed by atoms with E-state index in [1.165, 1.54) is 231 Å². The molecule has 0 aromatic rings. The molecular weight excluding hydrogens is 1030 g/mol. The topological polar surface area (TPSA) is 228 Å². The molecule has 81 heavy (non-hydrogen) atoms. The van der Waals surface area contributed by atoms with Gasteiger partial charge < -0.3 is 65.1 Å². The number of hydrogen-bond acceptors (Lipinski definition) is 13. The molecule has 14 nitrogen and oxygen atoms in total. The summed E-state index contributed by atoms with van der Waals surface area (Å²) >= 11 is 0. The second kappa shape index (κ2) is 52.8. The summed E-state index contributed by atoms with van der Waals surface area (Å²) in [6, 6.07) is -0.926. The third-order valence-corrected chi connectivity index (χ3v) is 16.9. The lowest BCUT2D eigenvalue weighted by atomic mass is 9.97. The van der Waals surface area contributed by atoms with Gasteiger partial charge in [0.25, 0.3) is 0 Å². The number of carbonyl (C=O) groups excluding carboxylic acids is 1. The zero-order chi connectivity index (χ0) is 58.8. The molecule has 0 radical (unpaired) electrons. The maximum Gasteiger partial charge on any atom is 0.220 e. The number of allylic oxidation sites excluding steroid dienone is 3. The monoisotopic (exact) mass is 1150 g/mol. The summed E-state index contributed by atoms with van der Waals surface area (Å²) in [5.74, 6) is -0.246. The van der Waals surface area contributed by atoms with Crippen LogP contribution in [0.2, 0.25) is 0 Å². The molecule has 0 spiro atoms. The minimum atomic E-state index is -1.79. The molecule has 0 aromatic carbocycles. The molecule has 2 saturated heterocycles. The van der Waals surface area contributed by atoms with Crippen LogP contribution in [0.4, 0.5) is 0 Å². The van der Waals surface area contributed by atoms with E-state index < -0.39 is 86.8 Å². The summed E-state index contributed by atoms with van der Waals surface area (Å²) in [4.78, 5) is 13.2. The molecule has 12 atom stereocenters. The number of ether oxygens (including phenoxy) is 4. The molecule has 9 N–H and O–H groups in total. The van der Waals surface area contributed by atoms with Crippen molar-refractivity contribution < 1.29 is 64.6 Å². The predicted molar refractivity (Wildman–Crippen MR) is 328 cm³/mol. The molecule has 2 aliphatic heterocycles. The van der Waals surface area contributed by atoms with E-state index >= 15 is 0 Å². The number of aliphatic hydroxyl groups is 8. The van der Waals surface area contributed by atoms with Crippen molar-refractivity contribution in [2.24, 2.45) is 0 Å². The first-order valence-corrected chi connectivity index (χ1v) is 34.1. The van der Waals surface area contributed by atoms with E-state index in [0.717, 1.165) is 38.5 Å². The first-order chi connectivity index (χ1) is 39.6. The first kappa shape index (κ1) is 75.6. The second-order valence-corrected chi connectivity index (χ2v) is 24.3. The van der Waals surface area contributed by atoms with Crippen LogP contribution in [0.1, 0.15) is 303 Å². The zero-order valence-corrected chi connectivity index (χ0v) is 51.8. The van der Waals surface area contributed by atoms with E-state index in [1.807, 2.05) is 6.08 Å². The van der Waals surface area contributed by atoms with Gasteiger partial charge in [-0.1, -0.05) is 289 Å². The van der Waals surface area contributed by atoms with Crippen molar-refractivity contribution in [1.82, 2.24) is 5.32 Å². The van der Waals surface area contributed by atoms with Crippen LogP contribution >= 0.6 is 0 Å². The Morgan fingerprint density at radius 2 is 0.790 bits per heavy atom. The fourth-order valence-electron chi connectivity index (χ4n) is 11.4. The molecule has 0 aliphatic carbocycles. The van der Waals surface area contributed by atoms with Gasteiger partial charge in [0.15, 0.2) is 12.6 Å². The fraction of sp³-hybridized carbons (Fsp3) is 0.925. The highest BCUT2D eigenvalue weighted by Gasteiger charge is 2.51. The quantitative estimate of drug-likeness (QED) is 0.0204. The summed E-state index contributed by atoms with van der Waals surface area (Å²) in [5, 5.41) is 86.8. The van der Waals surface area contributed by atoms with Crippen molar-refractivity contribution in [3.63, 3.8) is 0 Å². The second-order valence-electron chi connectivity index (χ2n) is 24.3. The summed E-state index contributed by atoms with van der Waals surface area (Å²) in [6.45, 7) is 2.75. The molecule has 0 aromatic heterocycles. The lowest BCUT2D eigenvalue weighted by Gasteiger charge is -2.46. The summed E-state index contributed by atoms with van der Waals surface area (Å²) in [7, 11) is 0. The Kier molecular flexibility index (Phi) is 49.2. The van der Waals surface area contributed by atoms with Gasteiger partial charge in [-0.15, -0.1) is 0 Å². The minimum Gasteiger partial charge on any atom is -0.394 e. The Labute approximate surface area is 494 Å². The Hall–Kier alpha value is -1.53. The highest BCUT2D eigenvalue weighted by atomic mass is 16.7. The molecule has 2 rings (SSSR count). The van der Waals surface area contributed by atoms with Crippen LogP contribution in [-0.4, -0.2) is 140 Å². The molecule has 1 amide bonds. The average Bonchev–Trinajstić information content (AvgIpc) is 3.50. The number of nitrogens with one attached hydrogen (secondary N) is 1. The molecule has 0 bridgehead atoms. The number of rotatable bonds is 56. The van der Waals surface area contributed by atoms with Gasteiger partial charge in [-0.25, -0.2) is 0 Å². The molecule has 14 heteroatoms. The van der Waals surface area contributed by atoms with Crippen molar-refractivity contribution in [3.8, 4) is 0 Å². The van der Waals surface area contributed by atoms with Gasteiger partial charge in [-0.2, -0.15) is 0 Å². The largest absolute Gasteiger partial charge is 0.394 e. The third-order valence-electron chi connectivity index (χ3n) is 16.9. The highest BCUT2D eigenvalue weighted by Crippen LogP contribution is 2.30. The van der Waals surface area contributed by atoms with E-state index in [-0.39, 0.29) is 18.9 Å². The number of amides is 1. The molecule has 478 valence electrons. The van der Waals surface area contributed by atoms with Gasteiger partial charge in [0.2, 0.25) is 5.91 Å². The first-order valence-electron chi connectivity index (χ1n) is 34.1. The van der Waals surface area contributed by atoms with Crippen LogP contribution in [0, 0.1) is 0 Å². The van der Waals surface area contributed by atoms with E-state index in [0.29, 0.717) is 12.8 Å². The third kappa shape index (κ3) is 37.6. The van der Waals surface area contributed by atoms with Crippen LogP contribution in [0.5, 0.6) is 0 Å². The van der Waals surface area contributed by atoms with E-state index in [9.17, 15) is 45.6 Å². The van der Waals surface area contributed by atoms with Crippen LogP contribution in [0.3, 0.4) is 0 Å². The van der Waals surface area contributed by atoms with Crippen molar-refractivity contribution in [1.29, 1.82) is 0 Å². The van der Waals surface area contributed by atoms with Crippen molar-refractivity contribution in [2.45, 2.75) is 376 Å². The van der Waals surface area contributed by atoms with E-state index in [2.05, 4.69) is 31.3 Å². The van der Waals surface area contributed by atoms with Crippen LogP contribution in [0.25, 0.3) is 0 Å². The Morgan fingerprint density at radius 1 is 0.432 bits per heavy atom. The standard InChI is InChI=1S/C67H127NO13/c1-3-5-7-9-11-13-14-15-16-17-18-19-20-21-22-23-24-25-26-27-28-29-30-31-32-33-34-35-36-37-38-39-40-41-43-45-47-49-51-59(72)68-55(56(71)50-48-46-44-42-12-10-8-6-4-2)54-78-66-64(77)62(75)65(58(53-70)80-66)81-67-63(76)61(74)60(73)57(52-69)79-67/h12,42,48,50,55-58,60-67,69-71,73-77H,3-11,13-41,43-47,49,51-54H2,1-2H3,(H,68,72)/b42-12+,50-48+. The van der Waals surface area contributed by atoms with E-state index in [1.54, 1.807) is 6.08 Å². The van der Waals surface area contributed by atoms with Crippen LogP contribution in [0.15, 0.2) is 24.3 Å². The number of hydrogen-bond donors (Lipinski definition) is 9. The highest BCUT2D eigenvalue weighted by molar-refractivity contribution is 5.76. The molecule has 2 fully saturated rings. The Balaban J connectivity index is 1.51. The Bertz CT molecular complexity index is 1450. The predicted octanol–water partition coefficient (Wildman–Crippen LogP) is 13.2. The van der Waals surface area contributed by atoms with Crippen LogP contribution < -0.4 is 5.32 Å². The fourth-order valence-corrected chi connectivity index (χ4v) is 11.4. The van der Waals surface area contributed by atoms with Gasteiger partial charge in [0, 0.05) is 6.42 Å². The van der Waals surface area contributed by atoms with Gasteiger partial charge in [0.05, 0.1) is 32.0 Å². The zero-order valence-electron chi connectivity index (χ0n) is 51.8. The SMILES string of the molecule is CCCCC/C=C/CC/C=C/C(O)C(COC1OC(CO)C(OC2OC(CO)C(O)C(O)C2O)C(O)C1O)NC(=O)CCCCCCCCCCCCCCCCCCCCCCCCCCCCCCCCCCCCCCCC. The summed E-state index contributed by atoms with van der Waals surface area (Å²) in [5.41, 5.74) is 0. The smallest absolute Gasteiger partial charge is 0.220 e. The van der Waals surface area contributed by atoms with E-state index in [4.69, 9.17) is 18.9 Å². The molecular formula is C67H127NO13. The maximum absolute atomic E-state index is 13.2. The molecule has 2 aliphatic rings. The van der Waals surface area contributed by atoms with Gasteiger partial charge in [0.1, 0.15) is 48.8 Å². The lowest BCUT2D eigenvalue weighted by Crippen LogP contribution is -2.65. The van der Waals surface area contributed by atoms with Gasteiger partial charge in [-0.3, -0.25) is 4.79 Å².